The molecule has 2 aromatic rings. The Morgan fingerprint density at radius 1 is 1.22 bits per heavy atom. The Morgan fingerprint density at radius 3 is 2.67 bits per heavy atom. The maximum Gasteiger partial charge on any atom is 0.0503 e. The minimum Gasteiger partial charge on any atom is -0.271 e. The lowest BCUT2D eigenvalue weighted by atomic mass is 9.94. The number of nitrogens with two attached hydrogens (primary N) is 1. The smallest absolute Gasteiger partial charge is 0.0503 e. The average molecular weight is 240 g/mol. The molecule has 0 aliphatic carbocycles. The summed E-state index contributed by atoms with van der Waals surface area (Å²) in [6.45, 7) is 6.19. The summed E-state index contributed by atoms with van der Waals surface area (Å²) in [4.78, 5) is 0. The molecule has 0 aliphatic heterocycles. The maximum absolute atomic E-state index is 5.71. The van der Waals surface area contributed by atoms with Crippen LogP contribution in [0, 0.1) is 0 Å². The van der Waals surface area contributed by atoms with Crippen molar-refractivity contribution in [1.29, 1.82) is 0 Å². The lowest BCUT2D eigenvalue weighted by Crippen LogP contribution is -2.28. The van der Waals surface area contributed by atoms with Gasteiger partial charge in [0, 0.05) is 0 Å². The van der Waals surface area contributed by atoms with Crippen molar-refractivity contribution in [2.45, 2.75) is 25.8 Å². The first-order chi connectivity index (χ1) is 8.76. The van der Waals surface area contributed by atoms with Crippen molar-refractivity contribution in [2.75, 3.05) is 0 Å². The highest BCUT2D eigenvalue weighted by Gasteiger charge is 2.13. The summed E-state index contributed by atoms with van der Waals surface area (Å²) in [6.07, 6.45) is 1.87. The SMILES string of the molecule is C=C(CC)CC(NN)c1cccc2ccccc12. The van der Waals surface area contributed by atoms with Gasteiger partial charge in [-0.15, -0.1) is 0 Å². The van der Waals surface area contributed by atoms with Crippen LogP contribution in [0.4, 0.5) is 0 Å². The lowest BCUT2D eigenvalue weighted by Gasteiger charge is -2.19. The van der Waals surface area contributed by atoms with Crippen molar-refractivity contribution in [3.63, 3.8) is 0 Å². The molecule has 2 heteroatoms. The number of hydrazine groups is 1. The van der Waals surface area contributed by atoms with Crippen LogP contribution in [0.5, 0.6) is 0 Å². The third-order valence-electron chi connectivity index (χ3n) is 3.39. The first kappa shape index (κ1) is 12.8. The summed E-state index contributed by atoms with van der Waals surface area (Å²) < 4.78 is 0. The van der Waals surface area contributed by atoms with Crippen LogP contribution >= 0.6 is 0 Å². The molecule has 0 aromatic heterocycles. The zero-order chi connectivity index (χ0) is 13.0. The molecular formula is C16H20N2. The highest BCUT2D eigenvalue weighted by molar-refractivity contribution is 5.86. The number of nitrogens with one attached hydrogen (secondary N) is 1. The van der Waals surface area contributed by atoms with E-state index in [1.54, 1.807) is 0 Å². The van der Waals surface area contributed by atoms with E-state index < -0.39 is 0 Å². The molecule has 0 radical (unpaired) electrons. The van der Waals surface area contributed by atoms with Crippen LogP contribution in [0.15, 0.2) is 54.6 Å². The van der Waals surface area contributed by atoms with Crippen molar-refractivity contribution in [3.8, 4) is 0 Å². The molecule has 3 N–H and O–H groups in total. The largest absolute Gasteiger partial charge is 0.271 e. The molecule has 0 spiro atoms. The Morgan fingerprint density at radius 2 is 1.94 bits per heavy atom. The zero-order valence-corrected chi connectivity index (χ0v) is 10.8. The Labute approximate surface area is 108 Å². The van der Waals surface area contributed by atoms with Gasteiger partial charge in [-0.05, 0) is 29.2 Å². The molecule has 0 saturated heterocycles. The summed E-state index contributed by atoms with van der Waals surface area (Å²) in [5.74, 6) is 5.71. The van der Waals surface area contributed by atoms with Crippen LogP contribution in [0.2, 0.25) is 0 Å². The minimum atomic E-state index is 0.128. The van der Waals surface area contributed by atoms with Gasteiger partial charge >= 0.3 is 0 Å². The molecule has 0 saturated carbocycles. The highest BCUT2D eigenvalue weighted by Crippen LogP contribution is 2.28. The fourth-order valence-corrected chi connectivity index (χ4v) is 2.25. The quantitative estimate of drug-likeness (QED) is 0.475. The van der Waals surface area contributed by atoms with Crippen molar-refractivity contribution >= 4 is 10.8 Å². The van der Waals surface area contributed by atoms with E-state index in [0.717, 1.165) is 12.8 Å². The van der Waals surface area contributed by atoms with Crippen LogP contribution in [-0.4, -0.2) is 0 Å². The van der Waals surface area contributed by atoms with Gasteiger partial charge in [0.25, 0.3) is 0 Å². The van der Waals surface area contributed by atoms with Gasteiger partial charge in [-0.1, -0.05) is 61.5 Å². The number of hydrogen-bond donors (Lipinski definition) is 2. The first-order valence-corrected chi connectivity index (χ1v) is 6.36. The standard InChI is InChI=1S/C16H20N2/c1-3-12(2)11-16(18-17)15-10-6-8-13-7-4-5-9-14(13)15/h4-10,16,18H,2-3,11,17H2,1H3. The second kappa shape index (κ2) is 5.80. The summed E-state index contributed by atoms with van der Waals surface area (Å²) >= 11 is 0. The number of benzene rings is 2. The van der Waals surface area contributed by atoms with E-state index in [4.69, 9.17) is 5.84 Å². The second-order valence-electron chi connectivity index (χ2n) is 4.60. The van der Waals surface area contributed by atoms with Crippen molar-refractivity contribution in [3.05, 3.63) is 60.2 Å². The number of hydrogen-bond acceptors (Lipinski definition) is 2. The molecular weight excluding hydrogens is 220 g/mol. The van der Waals surface area contributed by atoms with E-state index >= 15 is 0 Å². The van der Waals surface area contributed by atoms with Gasteiger partial charge < -0.3 is 0 Å². The van der Waals surface area contributed by atoms with Gasteiger partial charge in [0.05, 0.1) is 6.04 Å². The van der Waals surface area contributed by atoms with Crippen molar-refractivity contribution < 1.29 is 0 Å². The molecule has 0 amide bonds. The molecule has 2 rings (SSSR count). The topological polar surface area (TPSA) is 38.0 Å². The highest BCUT2D eigenvalue weighted by atomic mass is 15.2. The Hall–Kier alpha value is -1.64. The van der Waals surface area contributed by atoms with Gasteiger partial charge in [-0.2, -0.15) is 0 Å². The van der Waals surface area contributed by atoms with E-state index in [9.17, 15) is 0 Å². The predicted octanol–water partition coefficient (Wildman–Crippen LogP) is 3.70. The summed E-state index contributed by atoms with van der Waals surface area (Å²) in [7, 11) is 0. The molecule has 18 heavy (non-hydrogen) atoms. The zero-order valence-electron chi connectivity index (χ0n) is 10.8. The molecule has 0 bridgehead atoms. The average Bonchev–Trinajstić information content (AvgIpc) is 2.44. The van der Waals surface area contributed by atoms with Crippen LogP contribution in [-0.2, 0) is 0 Å². The van der Waals surface area contributed by atoms with E-state index in [1.165, 1.54) is 21.9 Å². The Bertz CT molecular complexity index is 540. The second-order valence-corrected chi connectivity index (χ2v) is 4.60. The lowest BCUT2D eigenvalue weighted by molar-refractivity contribution is 0.548. The Balaban J connectivity index is 2.41. The fourth-order valence-electron chi connectivity index (χ4n) is 2.25. The van der Waals surface area contributed by atoms with E-state index in [1.807, 2.05) is 0 Å². The van der Waals surface area contributed by atoms with Crippen LogP contribution < -0.4 is 11.3 Å². The third-order valence-corrected chi connectivity index (χ3v) is 3.39. The predicted molar refractivity (Wildman–Crippen MR) is 78.1 cm³/mol. The monoisotopic (exact) mass is 240 g/mol. The fraction of sp³-hybridized carbons (Fsp3) is 0.250. The molecule has 0 fully saturated rings. The van der Waals surface area contributed by atoms with E-state index in [0.29, 0.717) is 0 Å². The molecule has 0 aliphatic rings. The molecule has 2 nitrogen and oxygen atoms in total. The normalized spacial score (nSPS) is 12.6. The number of fused-ring (bicyclic) bond motifs is 1. The molecule has 1 unspecified atom stereocenters. The maximum atomic E-state index is 5.71. The van der Waals surface area contributed by atoms with Gasteiger partial charge in [0.2, 0.25) is 0 Å². The van der Waals surface area contributed by atoms with Crippen molar-refractivity contribution in [1.82, 2.24) is 5.43 Å². The molecule has 1 atom stereocenters. The first-order valence-electron chi connectivity index (χ1n) is 6.36. The van der Waals surface area contributed by atoms with Gasteiger partial charge in [0.15, 0.2) is 0 Å². The molecule has 0 heterocycles. The Kier molecular flexibility index (Phi) is 4.13. The summed E-state index contributed by atoms with van der Waals surface area (Å²) in [6, 6.07) is 14.9. The number of rotatable bonds is 5. The van der Waals surface area contributed by atoms with Crippen LogP contribution in [0.25, 0.3) is 10.8 Å². The molecule has 94 valence electrons. The minimum absolute atomic E-state index is 0.128. The van der Waals surface area contributed by atoms with Crippen LogP contribution in [0.1, 0.15) is 31.4 Å². The summed E-state index contributed by atoms with van der Waals surface area (Å²) in [5, 5.41) is 2.50. The van der Waals surface area contributed by atoms with E-state index in [2.05, 4.69) is 61.4 Å². The van der Waals surface area contributed by atoms with Gasteiger partial charge in [-0.25, -0.2) is 0 Å². The summed E-state index contributed by atoms with van der Waals surface area (Å²) in [5.41, 5.74) is 5.37. The van der Waals surface area contributed by atoms with Gasteiger partial charge in [0.1, 0.15) is 0 Å². The van der Waals surface area contributed by atoms with Gasteiger partial charge in [-0.3, -0.25) is 11.3 Å². The third kappa shape index (κ3) is 2.61. The van der Waals surface area contributed by atoms with Crippen molar-refractivity contribution in [2.24, 2.45) is 5.84 Å². The molecule has 2 aromatic carbocycles. The van der Waals surface area contributed by atoms with E-state index in [-0.39, 0.29) is 6.04 Å². The van der Waals surface area contributed by atoms with Crippen LogP contribution in [0.3, 0.4) is 0 Å².